The highest BCUT2D eigenvalue weighted by atomic mass is 14.9. The molecule has 0 bridgehead atoms. The van der Waals surface area contributed by atoms with Crippen LogP contribution in [0.15, 0.2) is 48.7 Å². The predicted octanol–water partition coefficient (Wildman–Crippen LogP) is 4.51. The fourth-order valence-corrected chi connectivity index (χ4v) is 2.96. The predicted molar refractivity (Wildman–Crippen MR) is 89.4 cm³/mol. The standard InChI is InChI=1S/C20H22N/c1-5-16-8-7-15(3)18(13-16)20-19-12-14(2)6-9-17(19)10-11-21(20)4/h6-13H,5H2,1-4H3/q+1. The van der Waals surface area contributed by atoms with Crippen molar-refractivity contribution in [2.24, 2.45) is 7.05 Å². The molecule has 21 heavy (non-hydrogen) atoms. The van der Waals surface area contributed by atoms with Gasteiger partial charge in [0.1, 0.15) is 7.05 Å². The van der Waals surface area contributed by atoms with Gasteiger partial charge in [-0.1, -0.05) is 36.8 Å². The Morgan fingerprint density at radius 1 is 0.952 bits per heavy atom. The molecule has 0 N–H and O–H groups in total. The van der Waals surface area contributed by atoms with Crippen LogP contribution in [-0.2, 0) is 13.5 Å². The molecule has 0 aliphatic heterocycles. The van der Waals surface area contributed by atoms with Crippen LogP contribution in [0.2, 0.25) is 0 Å². The smallest absolute Gasteiger partial charge is 0.200 e. The van der Waals surface area contributed by atoms with Gasteiger partial charge in [0, 0.05) is 11.6 Å². The third kappa shape index (κ3) is 2.44. The van der Waals surface area contributed by atoms with Crippen LogP contribution >= 0.6 is 0 Å². The lowest BCUT2D eigenvalue weighted by atomic mass is 9.96. The van der Waals surface area contributed by atoms with Crippen LogP contribution in [0.25, 0.3) is 22.0 Å². The van der Waals surface area contributed by atoms with Crippen LogP contribution < -0.4 is 4.57 Å². The van der Waals surface area contributed by atoms with E-state index < -0.39 is 0 Å². The van der Waals surface area contributed by atoms with Crippen LogP contribution in [0.1, 0.15) is 23.6 Å². The highest BCUT2D eigenvalue weighted by Crippen LogP contribution is 2.29. The average Bonchev–Trinajstić information content (AvgIpc) is 2.48. The molecule has 1 nitrogen and oxygen atoms in total. The third-order valence-electron chi connectivity index (χ3n) is 4.26. The molecular formula is C20H22N+. The average molecular weight is 276 g/mol. The van der Waals surface area contributed by atoms with Gasteiger partial charge in [-0.3, -0.25) is 0 Å². The van der Waals surface area contributed by atoms with Crippen molar-refractivity contribution in [3.63, 3.8) is 0 Å². The molecule has 0 saturated carbocycles. The summed E-state index contributed by atoms with van der Waals surface area (Å²) in [7, 11) is 2.13. The van der Waals surface area contributed by atoms with Gasteiger partial charge < -0.3 is 0 Å². The van der Waals surface area contributed by atoms with Gasteiger partial charge in [0.15, 0.2) is 6.20 Å². The summed E-state index contributed by atoms with van der Waals surface area (Å²) in [5.41, 5.74) is 6.67. The van der Waals surface area contributed by atoms with Gasteiger partial charge in [-0.25, -0.2) is 4.57 Å². The van der Waals surface area contributed by atoms with Crippen molar-refractivity contribution in [1.29, 1.82) is 0 Å². The molecule has 0 unspecified atom stereocenters. The van der Waals surface area contributed by atoms with Gasteiger partial charge in [-0.05, 0) is 48.9 Å². The van der Waals surface area contributed by atoms with Crippen molar-refractivity contribution < 1.29 is 4.57 Å². The molecule has 0 fully saturated rings. The lowest BCUT2D eigenvalue weighted by molar-refractivity contribution is -0.659. The lowest BCUT2D eigenvalue weighted by Crippen LogP contribution is -2.30. The molecule has 0 aliphatic rings. The molecule has 1 heteroatoms. The number of hydrogen-bond acceptors (Lipinski definition) is 0. The molecule has 106 valence electrons. The first kappa shape index (κ1) is 13.8. The van der Waals surface area contributed by atoms with E-state index in [2.05, 4.69) is 81.0 Å². The second-order valence-electron chi connectivity index (χ2n) is 5.87. The number of aromatic nitrogens is 1. The quantitative estimate of drug-likeness (QED) is 0.606. The third-order valence-corrected chi connectivity index (χ3v) is 4.26. The van der Waals surface area contributed by atoms with Crippen LogP contribution in [0.5, 0.6) is 0 Å². The first-order valence-electron chi connectivity index (χ1n) is 7.59. The summed E-state index contributed by atoms with van der Waals surface area (Å²) >= 11 is 0. The number of pyridine rings is 1. The van der Waals surface area contributed by atoms with Crippen molar-refractivity contribution in [2.45, 2.75) is 27.2 Å². The van der Waals surface area contributed by atoms with E-state index in [0.717, 1.165) is 6.42 Å². The van der Waals surface area contributed by atoms with E-state index in [4.69, 9.17) is 0 Å². The van der Waals surface area contributed by atoms with Gasteiger partial charge in [-0.2, -0.15) is 0 Å². The Labute approximate surface area is 126 Å². The number of fused-ring (bicyclic) bond motifs is 1. The maximum atomic E-state index is 2.34. The maximum Gasteiger partial charge on any atom is 0.220 e. The zero-order valence-corrected chi connectivity index (χ0v) is 13.3. The van der Waals surface area contributed by atoms with E-state index in [1.807, 2.05) is 0 Å². The van der Waals surface area contributed by atoms with Crippen molar-refractivity contribution >= 4 is 10.8 Å². The summed E-state index contributed by atoms with van der Waals surface area (Å²) in [5, 5.41) is 2.63. The van der Waals surface area contributed by atoms with E-state index in [-0.39, 0.29) is 0 Å². The van der Waals surface area contributed by atoms with E-state index in [0.29, 0.717) is 0 Å². The van der Waals surface area contributed by atoms with Crippen LogP contribution in [-0.4, -0.2) is 0 Å². The zero-order chi connectivity index (χ0) is 15.0. The minimum absolute atomic E-state index is 1.07. The summed E-state index contributed by atoms with van der Waals surface area (Å²) in [4.78, 5) is 0. The second kappa shape index (κ2) is 5.33. The minimum Gasteiger partial charge on any atom is -0.200 e. The molecule has 0 aliphatic carbocycles. The second-order valence-corrected chi connectivity index (χ2v) is 5.87. The topological polar surface area (TPSA) is 3.88 Å². The summed E-state index contributed by atoms with van der Waals surface area (Å²) in [6.07, 6.45) is 3.23. The van der Waals surface area contributed by atoms with E-state index >= 15 is 0 Å². The minimum atomic E-state index is 1.07. The molecule has 3 aromatic rings. The Morgan fingerprint density at radius 3 is 2.52 bits per heavy atom. The van der Waals surface area contributed by atoms with Crippen LogP contribution in [0, 0.1) is 13.8 Å². The van der Waals surface area contributed by atoms with E-state index in [1.165, 1.54) is 38.7 Å². The molecule has 0 spiro atoms. The monoisotopic (exact) mass is 276 g/mol. The Kier molecular flexibility index (Phi) is 3.50. The Bertz CT molecular complexity index is 810. The number of rotatable bonds is 2. The number of benzene rings is 2. The van der Waals surface area contributed by atoms with Crippen molar-refractivity contribution in [2.75, 3.05) is 0 Å². The number of aryl methyl sites for hydroxylation is 4. The lowest BCUT2D eigenvalue weighted by Gasteiger charge is -2.10. The normalized spacial score (nSPS) is 11.0. The van der Waals surface area contributed by atoms with Crippen molar-refractivity contribution in [1.82, 2.24) is 0 Å². The molecule has 2 aromatic carbocycles. The van der Waals surface area contributed by atoms with Crippen LogP contribution in [0.4, 0.5) is 0 Å². The molecule has 1 aromatic heterocycles. The molecule has 0 atom stereocenters. The van der Waals surface area contributed by atoms with Crippen molar-refractivity contribution in [3.8, 4) is 11.3 Å². The van der Waals surface area contributed by atoms with Gasteiger partial charge >= 0.3 is 0 Å². The molecule has 0 amide bonds. The van der Waals surface area contributed by atoms with Gasteiger partial charge in [0.25, 0.3) is 0 Å². The fraction of sp³-hybridized carbons (Fsp3) is 0.250. The van der Waals surface area contributed by atoms with Crippen LogP contribution in [0.3, 0.4) is 0 Å². The van der Waals surface area contributed by atoms with E-state index in [1.54, 1.807) is 0 Å². The number of nitrogens with zero attached hydrogens (tertiary/aromatic N) is 1. The maximum absolute atomic E-state index is 2.34. The zero-order valence-electron chi connectivity index (χ0n) is 13.3. The highest BCUT2D eigenvalue weighted by Gasteiger charge is 2.17. The first-order chi connectivity index (χ1) is 10.1. The Morgan fingerprint density at radius 2 is 1.76 bits per heavy atom. The van der Waals surface area contributed by atoms with Gasteiger partial charge in [0.05, 0.1) is 5.39 Å². The summed E-state index contributed by atoms with van der Waals surface area (Å²) in [6, 6.07) is 15.7. The SMILES string of the molecule is CCc1ccc(C)c(-c2c3cc(C)ccc3cc[n+]2C)c1. The molecule has 0 radical (unpaired) electrons. The fourth-order valence-electron chi connectivity index (χ4n) is 2.96. The molecule has 1 heterocycles. The molecule has 3 rings (SSSR count). The van der Waals surface area contributed by atoms with Crippen molar-refractivity contribution in [3.05, 3.63) is 65.4 Å². The Hall–Kier alpha value is -2.15. The summed E-state index contributed by atoms with van der Waals surface area (Å²) in [5.74, 6) is 0. The van der Waals surface area contributed by atoms with Gasteiger partial charge in [-0.15, -0.1) is 0 Å². The highest BCUT2D eigenvalue weighted by molar-refractivity contribution is 5.94. The summed E-state index contributed by atoms with van der Waals surface area (Å²) in [6.45, 7) is 6.57. The Balaban J connectivity index is 2.38. The molecule has 0 saturated heterocycles. The summed E-state index contributed by atoms with van der Waals surface area (Å²) < 4.78 is 2.24. The molecular weight excluding hydrogens is 254 g/mol. The first-order valence-corrected chi connectivity index (χ1v) is 7.59. The number of hydrogen-bond donors (Lipinski definition) is 0. The van der Waals surface area contributed by atoms with Gasteiger partial charge in [0.2, 0.25) is 5.69 Å². The van der Waals surface area contributed by atoms with E-state index in [9.17, 15) is 0 Å². The largest absolute Gasteiger partial charge is 0.220 e.